The number of piperazine rings is 1. The van der Waals surface area contributed by atoms with Gasteiger partial charge in [-0.2, -0.15) is 0 Å². The smallest absolute Gasteiger partial charge is 0.129 e. The lowest BCUT2D eigenvalue weighted by atomic mass is 10.1. The van der Waals surface area contributed by atoms with E-state index >= 15 is 0 Å². The standard InChI is InChI=1S/C24H27N5S/c1-4-20(23-17-26-18(2)30-23)7-5-19-6-8-22(27-16-19)21-9-10-25-24(15-21)29-13-11-28(3)12-14-29/h4-5,7-10,15-17H,1,6,11-14H2,2-3H3/b19-5+,20-7+. The Morgan fingerprint density at radius 3 is 2.70 bits per heavy atom. The van der Waals surface area contributed by atoms with Gasteiger partial charge in [-0.3, -0.25) is 4.99 Å². The van der Waals surface area contributed by atoms with Crippen molar-refractivity contribution < 1.29 is 0 Å². The number of thiazole rings is 1. The van der Waals surface area contributed by atoms with Crippen LogP contribution in [-0.2, 0) is 0 Å². The van der Waals surface area contributed by atoms with Crippen molar-refractivity contribution in [3.8, 4) is 0 Å². The first-order valence-corrected chi connectivity index (χ1v) is 11.0. The summed E-state index contributed by atoms with van der Waals surface area (Å²) >= 11 is 1.68. The molecule has 0 saturated carbocycles. The van der Waals surface area contributed by atoms with Crippen molar-refractivity contribution >= 4 is 34.6 Å². The second kappa shape index (κ2) is 9.32. The molecule has 0 aliphatic carbocycles. The molecule has 5 nitrogen and oxygen atoms in total. The van der Waals surface area contributed by atoms with Crippen LogP contribution in [0.4, 0.5) is 5.82 Å². The van der Waals surface area contributed by atoms with Gasteiger partial charge in [0.1, 0.15) is 5.82 Å². The zero-order valence-corrected chi connectivity index (χ0v) is 18.4. The summed E-state index contributed by atoms with van der Waals surface area (Å²) < 4.78 is 0. The Morgan fingerprint density at radius 2 is 2.03 bits per heavy atom. The molecule has 0 radical (unpaired) electrons. The molecule has 2 aliphatic rings. The Labute approximate surface area is 182 Å². The number of hydrogen-bond acceptors (Lipinski definition) is 6. The van der Waals surface area contributed by atoms with E-state index in [4.69, 9.17) is 4.99 Å². The van der Waals surface area contributed by atoms with Crippen LogP contribution in [0.15, 0.2) is 66.0 Å². The summed E-state index contributed by atoms with van der Waals surface area (Å²) in [6.07, 6.45) is 14.9. The van der Waals surface area contributed by atoms with Gasteiger partial charge in [-0.05, 0) is 43.7 Å². The fraction of sp³-hybridized carbons (Fsp3) is 0.292. The average Bonchev–Trinajstić information content (AvgIpc) is 3.21. The number of nitrogens with zero attached hydrogens (tertiary/aromatic N) is 5. The van der Waals surface area contributed by atoms with Crippen molar-refractivity contribution in [2.24, 2.45) is 4.99 Å². The van der Waals surface area contributed by atoms with Gasteiger partial charge in [0.25, 0.3) is 0 Å². The largest absolute Gasteiger partial charge is 0.354 e. The molecule has 0 spiro atoms. The van der Waals surface area contributed by atoms with Crippen molar-refractivity contribution in [2.45, 2.75) is 13.3 Å². The molecule has 0 atom stereocenters. The molecule has 1 saturated heterocycles. The predicted octanol–water partition coefficient (Wildman–Crippen LogP) is 4.61. The number of rotatable bonds is 5. The Hall–Kier alpha value is -2.83. The van der Waals surface area contributed by atoms with Crippen LogP contribution in [0.2, 0.25) is 0 Å². The highest BCUT2D eigenvalue weighted by atomic mass is 32.1. The molecule has 6 heteroatoms. The number of aryl methyl sites for hydroxylation is 1. The Kier molecular flexibility index (Phi) is 6.35. The molecule has 30 heavy (non-hydrogen) atoms. The van der Waals surface area contributed by atoms with Crippen molar-refractivity contribution in [3.05, 3.63) is 76.4 Å². The lowest BCUT2D eigenvalue weighted by Gasteiger charge is -2.33. The lowest BCUT2D eigenvalue weighted by molar-refractivity contribution is 0.312. The van der Waals surface area contributed by atoms with Crippen LogP contribution in [0, 0.1) is 6.92 Å². The summed E-state index contributed by atoms with van der Waals surface area (Å²) in [6.45, 7) is 10.1. The van der Waals surface area contributed by atoms with E-state index in [0.29, 0.717) is 0 Å². The SMILES string of the molecule is C=C/C(=C\C=C1\C=NC(c2ccnc(N3CCN(C)CC3)c2)=CC1)c1cnc(C)s1. The molecule has 4 rings (SSSR count). The van der Waals surface area contributed by atoms with Gasteiger partial charge in [0.05, 0.1) is 15.6 Å². The number of hydrogen-bond donors (Lipinski definition) is 0. The molecule has 0 unspecified atom stereocenters. The molecule has 0 bridgehead atoms. The van der Waals surface area contributed by atoms with Gasteiger partial charge in [-0.1, -0.05) is 30.9 Å². The molecular formula is C24H27N5S. The van der Waals surface area contributed by atoms with Gasteiger partial charge >= 0.3 is 0 Å². The zero-order chi connectivity index (χ0) is 20.9. The van der Waals surface area contributed by atoms with Crippen molar-refractivity contribution in [3.63, 3.8) is 0 Å². The summed E-state index contributed by atoms with van der Waals surface area (Å²) in [5.41, 5.74) is 4.39. The minimum Gasteiger partial charge on any atom is -0.354 e. The third-order valence-corrected chi connectivity index (χ3v) is 6.33. The van der Waals surface area contributed by atoms with Gasteiger partial charge in [0, 0.05) is 50.4 Å². The van der Waals surface area contributed by atoms with Crippen LogP contribution in [0.3, 0.4) is 0 Å². The van der Waals surface area contributed by atoms with E-state index in [1.54, 1.807) is 11.3 Å². The van der Waals surface area contributed by atoms with Crippen molar-refractivity contribution in [2.75, 3.05) is 38.1 Å². The summed E-state index contributed by atoms with van der Waals surface area (Å²) in [7, 11) is 2.17. The highest BCUT2D eigenvalue weighted by Gasteiger charge is 2.16. The normalized spacial score (nSPS) is 19.3. The molecule has 0 aromatic carbocycles. The number of aromatic nitrogens is 2. The van der Waals surface area contributed by atoms with Crippen LogP contribution in [0.5, 0.6) is 0 Å². The molecule has 0 N–H and O–H groups in total. The molecule has 0 amide bonds. The van der Waals surface area contributed by atoms with E-state index in [2.05, 4.69) is 57.7 Å². The first-order chi connectivity index (χ1) is 14.6. The quantitative estimate of drug-likeness (QED) is 0.667. The molecule has 2 aliphatic heterocycles. The first-order valence-electron chi connectivity index (χ1n) is 10.2. The fourth-order valence-corrected chi connectivity index (χ4v) is 4.30. The molecule has 1 fully saturated rings. The fourth-order valence-electron chi connectivity index (χ4n) is 3.50. The van der Waals surface area contributed by atoms with Crippen molar-refractivity contribution in [1.82, 2.24) is 14.9 Å². The Bertz CT molecular complexity index is 1040. The van der Waals surface area contributed by atoms with Gasteiger partial charge in [-0.15, -0.1) is 11.3 Å². The van der Waals surface area contributed by atoms with Crippen LogP contribution >= 0.6 is 11.3 Å². The number of likely N-dealkylation sites (N-methyl/N-ethyl adjacent to an activating group) is 1. The van der Waals surface area contributed by atoms with Crippen LogP contribution in [0.1, 0.15) is 21.9 Å². The third-order valence-electron chi connectivity index (χ3n) is 5.37. The summed E-state index contributed by atoms with van der Waals surface area (Å²) in [4.78, 5) is 19.5. The topological polar surface area (TPSA) is 44.6 Å². The number of aliphatic imine (C=N–C) groups is 1. The van der Waals surface area contributed by atoms with E-state index in [1.165, 1.54) is 5.57 Å². The second-order valence-corrected chi connectivity index (χ2v) is 8.79. The minimum atomic E-state index is 0.855. The second-order valence-electron chi connectivity index (χ2n) is 7.56. The maximum atomic E-state index is 4.71. The van der Waals surface area contributed by atoms with E-state index < -0.39 is 0 Å². The predicted molar refractivity (Wildman–Crippen MR) is 128 cm³/mol. The highest BCUT2D eigenvalue weighted by molar-refractivity contribution is 7.12. The summed E-state index contributed by atoms with van der Waals surface area (Å²) in [5.74, 6) is 1.04. The maximum Gasteiger partial charge on any atom is 0.129 e. The number of pyridine rings is 1. The molecular weight excluding hydrogens is 390 g/mol. The average molecular weight is 418 g/mol. The molecule has 4 heterocycles. The maximum absolute atomic E-state index is 4.71. The Balaban J connectivity index is 1.46. The van der Waals surface area contributed by atoms with Crippen LogP contribution < -0.4 is 4.90 Å². The van der Waals surface area contributed by atoms with Crippen LogP contribution in [-0.4, -0.2) is 54.3 Å². The van der Waals surface area contributed by atoms with E-state index in [-0.39, 0.29) is 0 Å². The zero-order valence-electron chi connectivity index (χ0n) is 17.6. The molecule has 2 aromatic rings. The van der Waals surface area contributed by atoms with Gasteiger partial charge in [-0.25, -0.2) is 9.97 Å². The summed E-state index contributed by atoms with van der Waals surface area (Å²) in [5, 5.41) is 1.06. The molecule has 154 valence electrons. The van der Waals surface area contributed by atoms with Crippen LogP contribution in [0.25, 0.3) is 11.3 Å². The summed E-state index contributed by atoms with van der Waals surface area (Å²) in [6, 6.07) is 4.20. The minimum absolute atomic E-state index is 0.855. The lowest BCUT2D eigenvalue weighted by Crippen LogP contribution is -2.44. The molecule has 2 aromatic heterocycles. The Morgan fingerprint density at radius 1 is 1.20 bits per heavy atom. The number of allylic oxidation sites excluding steroid dienone is 6. The van der Waals surface area contributed by atoms with Crippen molar-refractivity contribution in [1.29, 1.82) is 0 Å². The highest BCUT2D eigenvalue weighted by Crippen LogP contribution is 2.26. The first kappa shape index (κ1) is 20.4. The third kappa shape index (κ3) is 4.83. The van der Waals surface area contributed by atoms with E-state index in [1.807, 2.05) is 37.7 Å². The van der Waals surface area contributed by atoms with E-state index in [9.17, 15) is 0 Å². The van der Waals surface area contributed by atoms with Gasteiger partial charge in [0.2, 0.25) is 0 Å². The monoisotopic (exact) mass is 417 g/mol. The number of anilines is 1. The van der Waals surface area contributed by atoms with E-state index in [0.717, 1.165) is 65.1 Å². The van der Waals surface area contributed by atoms with Gasteiger partial charge < -0.3 is 9.80 Å². The van der Waals surface area contributed by atoms with Gasteiger partial charge in [0.15, 0.2) is 0 Å².